The molecule has 1 amide bonds. The third kappa shape index (κ3) is 6.53. The zero-order valence-corrected chi connectivity index (χ0v) is 21.6. The standard InChI is InChI=1S/C31H33N3O3/c1-4-23-13-15-25(16-14-23)29-21-28(31(36)37-5-2)33-34(29)27-19-17-26(18-20-27)30(35)32-22(3)11-12-24-9-7-6-8-10-24/h6-10,13-22H,4-5,11-12H2,1-3H3,(H,32,35)/t22-/m1/s1. The summed E-state index contributed by atoms with van der Waals surface area (Å²) < 4.78 is 6.89. The van der Waals surface area contributed by atoms with Crippen LogP contribution in [0, 0.1) is 0 Å². The van der Waals surface area contributed by atoms with E-state index >= 15 is 0 Å². The number of aromatic nitrogens is 2. The van der Waals surface area contributed by atoms with Gasteiger partial charge in [-0.05, 0) is 74.6 Å². The zero-order chi connectivity index (χ0) is 26.2. The number of nitrogens with one attached hydrogen (secondary N) is 1. The maximum Gasteiger partial charge on any atom is 0.358 e. The van der Waals surface area contributed by atoms with E-state index in [0.717, 1.165) is 36.2 Å². The van der Waals surface area contributed by atoms with Crippen molar-refractivity contribution in [1.82, 2.24) is 15.1 Å². The highest BCUT2D eigenvalue weighted by atomic mass is 16.5. The van der Waals surface area contributed by atoms with E-state index in [-0.39, 0.29) is 24.2 Å². The third-order valence-electron chi connectivity index (χ3n) is 6.31. The molecule has 0 unspecified atom stereocenters. The summed E-state index contributed by atoms with van der Waals surface area (Å²) in [6.07, 6.45) is 2.71. The summed E-state index contributed by atoms with van der Waals surface area (Å²) in [5.74, 6) is -0.580. The molecule has 0 saturated carbocycles. The van der Waals surface area contributed by atoms with Gasteiger partial charge in [-0.1, -0.05) is 61.5 Å². The topological polar surface area (TPSA) is 73.2 Å². The van der Waals surface area contributed by atoms with Crippen molar-refractivity contribution in [1.29, 1.82) is 0 Å². The Hall–Kier alpha value is -4.19. The van der Waals surface area contributed by atoms with Crippen LogP contribution in [0.3, 0.4) is 0 Å². The SMILES string of the molecule is CCOC(=O)c1cc(-c2ccc(CC)cc2)n(-c2ccc(C(=O)N[C@H](C)CCc3ccccc3)cc2)n1. The minimum atomic E-state index is -0.465. The first kappa shape index (κ1) is 25.9. The third-order valence-corrected chi connectivity index (χ3v) is 6.31. The highest BCUT2D eigenvalue weighted by molar-refractivity contribution is 5.94. The Balaban J connectivity index is 1.52. The van der Waals surface area contributed by atoms with Crippen LogP contribution in [0.2, 0.25) is 0 Å². The Bertz CT molecular complexity index is 1330. The molecule has 37 heavy (non-hydrogen) atoms. The van der Waals surface area contributed by atoms with Crippen LogP contribution in [0.1, 0.15) is 59.2 Å². The van der Waals surface area contributed by atoms with E-state index in [1.54, 1.807) is 29.8 Å². The minimum absolute atomic E-state index is 0.0447. The molecule has 6 nitrogen and oxygen atoms in total. The molecule has 0 radical (unpaired) electrons. The number of hydrogen-bond donors (Lipinski definition) is 1. The van der Waals surface area contributed by atoms with Crippen LogP contribution in [0.25, 0.3) is 16.9 Å². The van der Waals surface area contributed by atoms with E-state index in [4.69, 9.17) is 4.74 Å². The molecule has 3 aromatic carbocycles. The first-order valence-electron chi connectivity index (χ1n) is 12.8. The number of rotatable bonds is 10. The average Bonchev–Trinajstić information content (AvgIpc) is 3.38. The summed E-state index contributed by atoms with van der Waals surface area (Å²) >= 11 is 0. The van der Waals surface area contributed by atoms with Crippen LogP contribution in [0.15, 0.2) is 84.9 Å². The zero-order valence-electron chi connectivity index (χ0n) is 21.6. The fraction of sp³-hybridized carbons (Fsp3) is 0.258. The number of benzene rings is 3. The van der Waals surface area contributed by atoms with Gasteiger partial charge in [0.2, 0.25) is 0 Å². The monoisotopic (exact) mass is 495 g/mol. The summed E-state index contributed by atoms with van der Waals surface area (Å²) in [5, 5.41) is 7.62. The largest absolute Gasteiger partial charge is 0.461 e. The molecule has 1 aromatic heterocycles. The number of nitrogens with zero attached hydrogens (tertiary/aromatic N) is 2. The molecular formula is C31H33N3O3. The van der Waals surface area contributed by atoms with Crippen molar-refractivity contribution in [2.45, 2.75) is 46.1 Å². The first-order chi connectivity index (χ1) is 18.0. The van der Waals surface area contributed by atoms with Crippen LogP contribution in [0.4, 0.5) is 0 Å². The maximum absolute atomic E-state index is 12.8. The number of hydrogen-bond acceptors (Lipinski definition) is 4. The van der Waals surface area contributed by atoms with Gasteiger partial charge >= 0.3 is 5.97 Å². The van der Waals surface area contributed by atoms with Crippen LogP contribution < -0.4 is 5.32 Å². The molecule has 0 saturated heterocycles. The smallest absolute Gasteiger partial charge is 0.358 e. The van der Waals surface area contributed by atoms with Gasteiger partial charge in [-0.2, -0.15) is 5.10 Å². The molecule has 1 N–H and O–H groups in total. The lowest BCUT2D eigenvalue weighted by molar-refractivity contribution is 0.0518. The summed E-state index contributed by atoms with van der Waals surface area (Å²) in [5.41, 5.74) is 5.77. The van der Waals surface area contributed by atoms with Crippen LogP contribution in [0.5, 0.6) is 0 Å². The molecule has 0 aliphatic carbocycles. The summed E-state index contributed by atoms with van der Waals surface area (Å²) in [6.45, 7) is 6.18. The number of carbonyl (C=O) groups is 2. The minimum Gasteiger partial charge on any atom is -0.461 e. The molecule has 4 aromatic rings. The highest BCUT2D eigenvalue weighted by Gasteiger charge is 2.18. The lowest BCUT2D eigenvalue weighted by Crippen LogP contribution is -2.32. The molecule has 190 valence electrons. The Morgan fingerprint density at radius 2 is 1.62 bits per heavy atom. The van der Waals surface area contributed by atoms with E-state index in [1.807, 2.05) is 49.4 Å². The molecule has 0 aliphatic heterocycles. The average molecular weight is 496 g/mol. The first-order valence-corrected chi connectivity index (χ1v) is 12.8. The summed E-state index contributed by atoms with van der Waals surface area (Å²) in [6, 6.07) is 27.5. The summed E-state index contributed by atoms with van der Waals surface area (Å²) in [4.78, 5) is 25.2. The predicted octanol–water partition coefficient (Wildman–Crippen LogP) is 6.03. The number of amides is 1. The van der Waals surface area contributed by atoms with Gasteiger partial charge in [0.25, 0.3) is 5.91 Å². The van der Waals surface area contributed by atoms with E-state index < -0.39 is 5.97 Å². The van der Waals surface area contributed by atoms with Crippen molar-refractivity contribution in [3.05, 3.63) is 107 Å². The fourth-order valence-electron chi connectivity index (χ4n) is 4.16. The van der Waals surface area contributed by atoms with E-state index in [9.17, 15) is 9.59 Å². The van der Waals surface area contributed by atoms with Crippen molar-refractivity contribution in [2.75, 3.05) is 6.61 Å². The van der Waals surface area contributed by atoms with Crippen molar-refractivity contribution >= 4 is 11.9 Å². The molecule has 4 rings (SSSR count). The van der Waals surface area contributed by atoms with Crippen LogP contribution in [-0.4, -0.2) is 34.3 Å². The number of ether oxygens (including phenoxy) is 1. The van der Waals surface area contributed by atoms with Gasteiger partial charge in [-0.15, -0.1) is 0 Å². The van der Waals surface area contributed by atoms with E-state index in [1.165, 1.54) is 11.1 Å². The molecule has 1 atom stereocenters. The van der Waals surface area contributed by atoms with Crippen molar-refractivity contribution < 1.29 is 14.3 Å². The predicted molar refractivity (Wildman–Crippen MR) is 146 cm³/mol. The van der Waals surface area contributed by atoms with Crippen LogP contribution in [-0.2, 0) is 17.6 Å². The Labute approximate surface area is 218 Å². The Morgan fingerprint density at radius 3 is 2.27 bits per heavy atom. The van der Waals surface area contributed by atoms with Gasteiger partial charge in [-0.25, -0.2) is 9.48 Å². The fourth-order valence-corrected chi connectivity index (χ4v) is 4.16. The molecule has 0 fully saturated rings. The lowest BCUT2D eigenvalue weighted by atomic mass is 10.1. The Morgan fingerprint density at radius 1 is 0.919 bits per heavy atom. The number of aryl methyl sites for hydroxylation is 2. The van der Waals surface area contributed by atoms with Crippen molar-refractivity contribution in [2.24, 2.45) is 0 Å². The molecule has 6 heteroatoms. The second kappa shape index (κ2) is 12.2. The highest BCUT2D eigenvalue weighted by Crippen LogP contribution is 2.25. The van der Waals surface area contributed by atoms with Gasteiger partial charge in [0.1, 0.15) is 0 Å². The van der Waals surface area contributed by atoms with Crippen LogP contribution >= 0.6 is 0 Å². The van der Waals surface area contributed by atoms with E-state index in [2.05, 4.69) is 41.6 Å². The number of esters is 1. The molecule has 0 bridgehead atoms. The maximum atomic E-state index is 12.8. The Kier molecular flexibility index (Phi) is 8.52. The van der Waals surface area contributed by atoms with Gasteiger partial charge in [0, 0.05) is 17.2 Å². The van der Waals surface area contributed by atoms with Gasteiger partial charge < -0.3 is 10.1 Å². The normalized spacial score (nSPS) is 11.6. The quantitative estimate of drug-likeness (QED) is 0.273. The number of carbonyl (C=O) groups excluding carboxylic acids is 2. The molecular weight excluding hydrogens is 462 g/mol. The summed E-state index contributed by atoms with van der Waals surface area (Å²) in [7, 11) is 0. The van der Waals surface area contributed by atoms with Gasteiger partial charge in [-0.3, -0.25) is 4.79 Å². The molecule has 1 heterocycles. The van der Waals surface area contributed by atoms with Gasteiger partial charge in [0.15, 0.2) is 5.69 Å². The van der Waals surface area contributed by atoms with Crippen molar-refractivity contribution in [3.63, 3.8) is 0 Å². The van der Waals surface area contributed by atoms with Gasteiger partial charge in [0.05, 0.1) is 18.0 Å². The van der Waals surface area contributed by atoms with E-state index in [0.29, 0.717) is 5.56 Å². The molecule has 0 aliphatic rings. The second-order valence-electron chi connectivity index (χ2n) is 9.04. The molecule has 0 spiro atoms. The van der Waals surface area contributed by atoms with Crippen molar-refractivity contribution in [3.8, 4) is 16.9 Å². The lowest BCUT2D eigenvalue weighted by Gasteiger charge is -2.14. The second-order valence-corrected chi connectivity index (χ2v) is 9.04.